The third kappa shape index (κ3) is 42.5. The Morgan fingerprint density at radius 1 is 0.532 bits per heavy atom. The van der Waals surface area contributed by atoms with Crippen molar-refractivity contribution in [2.24, 2.45) is 0 Å². The first-order valence-electron chi connectivity index (χ1n) is 21.9. The van der Waals surface area contributed by atoms with Gasteiger partial charge in [0, 0.05) is 12.8 Å². The number of phosphoric acid groups is 1. The van der Waals surface area contributed by atoms with Crippen LogP contribution in [0.5, 0.6) is 0 Å². The highest BCUT2D eigenvalue weighted by Crippen LogP contribution is 2.43. The number of carbonyl (C=O) groups is 2. The minimum atomic E-state index is -4.70. The van der Waals surface area contributed by atoms with Crippen LogP contribution in [-0.4, -0.2) is 76.9 Å². The molecule has 0 aliphatic heterocycles. The molecule has 0 amide bonds. The summed E-state index contributed by atoms with van der Waals surface area (Å²) in [6.45, 7) is 1.82. The lowest BCUT2D eigenvalue weighted by molar-refractivity contribution is -0.161. The summed E-state index contributed by atoms with van der Waals surface area (Å²) in [4.78, 5) is 35.0. The standard InChI is InChI=1S/C50H75O11P/c1-3-5-7-9-11-13-15-17-18-19-20-21-22-24-26-28-30-32-36-40-49(54)58-44-48(45-60-62(56,57)59-43-47(53)42-51)61-50(55)41-37-33-35-39-46(52)38-34-31-29-27-25-23-16-14-12-10-8-6-4-2/h5-8,11-14,17-18,20-21,23-26,29-35,38,46-48,51-53H,3-4,9-10,15-16,19,22,27-28,36-37,39-45H2,1-2H3,(H,56,57)/b7-5-,8-6-,13-11-,14-12-,18-17-,21-20-,25-23-,26-24-,31-29-,32-30-,35-33-,38-34-/t46?,47-,48+/m0/s1. The molecule has 11 nitrogen and oxygen atoms in total. The van der Waals surface area contributed by atoms with E-state index in [0.717, 1.165) is 64.2 Å². The number of esters is 2. The molecule has 0 radical (unpaired) electrons. The van der Waals surface area contributed by atoms with Gasteiger partial charge in [-0.25, -0.2) is 4.57 Å². The van der Waals surface area contributed by atoms with E-state index < -0.39 is 64.5 Å². The van der Waals surface area contributed by atoms with Gasteiger partial charge >= 0.3 is 19.8 Å². The molecule has 4 N–H and O–H groups in total. The SMILES string of the molecule is CC/C=C\C/C=C\C/C=C\C/C=C\C=C/C(O)C/C=C\CCC(=O)O[C@H](COC(=O)CC/C=C\C/C=C\C/C=C\C/C=C\C/C=C\C/C=C\CC)COP(=O)(O)OC[C@@H](O)CO. The fourth-order valence-electron chi connectivity index (χ4n) is 4.77. The Balaban J connectivity index is 4.66. The van der Waals surface area contributed by atoms with Crippen LogP contribution in [0.1, 0.15) is 110 Å². The Kier molecular flexibility index (Phi) is 40.5. The lowest BCUT2D eigenvalue weighted by Gasteiger charge is -2.20. The van der Waals surface area contributed by atoms with Crippen molar-refractivity contribution in [3.05, 3.63) is 146 Å². The third-order valence-electron chi connectivity index (χ3n) is 8.10. The van der Waals surface area contributed by atoms with Crippen molar-refractivity contribution in [1.29, 1.82) is 0 Å². The molecule has 0 aromatic carbocycles. The molecule has 12 heteroatoms. The third-order valence-corrected chi connectivity index (χ3v) is 9.05. The molecule has 0 aromatic heterocycles. The molecule has 0 saturated heterocycles. The van der Waals surface area contributed by atoms with Crippen LogP contribution in [0.4, 0.5) is 0 Å². The monoisotopic (exact) mass is 883 g/mol. The second-order valence-corrected chi connectivity index (χ2v) is 15.3. The number of carbonyl (C=O) groups excluding carboxylic acids is 2. The zero-order chi connectivity index (χ0) is 45.6. The molecule has 0 spiro atoms. The summed E-state index contributed by atoms with van der Waals surface area (Å²) in [5, 5.41) is 28.6. The number of allylic oxidation sites excluding steroid dienone is 22. The van der Waals surface area contributed by atoms with Crippen LogP contribution in [0, 0.1) is 0 Å². The predicted octanol–water partition coefficient (Wildman–Crippen LogP) is 10.9. The minimum Gasteiger partial charge on any atom is -0.462 e. The maximum atomic E-state index is 12.6. The van der Waals surface area contributed by atoms with E-state index in [0.29, 0.717) is 19.3 Å². The Labute approximate surface area is 372 Å². The van der Waals surface area contributed by atoms with Crippen LogP contribution in [-0.2, 0) is 32.7 Å². The van der Waals surface area contributed by atoms with Gasteiger partial charge in [0.05, 0.1) is 25.9 Å². The van der Waals surface area contributed by atoms with E-state index in [1.165, 1.54) is 0 Å². The maximum Gasteiger partial charge on any atom is 0.472 e. The Morgan fingerprint density at radius 3 is 1.44 bits per heavy atom. The summed E-state index contributed by atoms with van der Waals surface area (Å²) in [7, 11) is -4.70. The largest absolute Gasteiger partial charge is 0.472 e. The number of hydrogen-bond donors (Lipinski definition) is 4. The van der Waals surface area contributed by atoms with Crippen LogP contribution in [0.25, 0.3) is 0 Å². The van der Waals surface area contributed by atoms with Crippen LogP contribution >= 0.6 is 7.82 Å². The molecular formula is C50H75O11P. The van der Waals surface area contributed by atoms with E-state index in [1.54, 1.807) is 24.3 Å². The van der Waals surface area contributed by atoms with Gasteiger partial charge in [-0.3, -0.25) is 18.6 Å². The van der Waals surface area contributed by atoms with Gasteiger partial charge in [-0.1, -0.05) is 160 Å². The second kappa shape index (κ2) is 43.5. The van der Waals surface area contributed by atoms with Gasteiger partial charge in [0.25, 0.3) is 0 Å². The first-order chi connectivity index (χ1) is 30.1. The number of hydrogen-bond acceptors (Lipinski definition) is 10. The summed E-state index contributed by atoms with van der Waals surface area (Å²) >= 11 is 0. The summed E-state index contributed by atoms with van der Waals surface area (Å²) in [6, 6.07) is 0. The van der Waals surface area contributed by atoms with Crippen LogP contribution < -0.4 is 0 Å². The number of phosphoric ester groups is 1. The van der Waals surface area contributed by atoms with Crippen LogP contribution in [0.3, 0.4) is 0 Å². The molecule has 0 aromatic rings. The molecule has 346 valence electrons. The molecule has 0 heterocycles. The fraction of sp³-hybridized carbons (Fsp3) is 0.480. The average Bonchev–Trinajstić information content (AvgIpc) is 3.26. The van der Waals surface area contributed by atoms with E-state index >= 15 is 0 Å². The lowest BCUT2D eigenvalue weighted by Crippen LogP contribution is -2.29. The summed E-state index contributed by atoms with van der Waals surface area (Å²) in [6.07, 6.45) is 55.7. The molecule has 0 saturated carbocycles. The number of rotatable bonds is 38. The van der Waals surface area contributed by atoms with Gasteiger partial charge in [0.15, 0.2) is 6.10 Å². The van der Waals surface area contributed by atoms with Crippen LogP contribution in [0.15, 0.2) is 146 Å². The van der Waals surface area contributed by atoms with Gasteiger partial charge in [0.1, 0.15) is 12.7 Å². The first-order valence-corrected chi connectivity index (χ1v) is 23.4. The van der Waals surface area contributed by atoms with E-state index in [4.69, 9.17) is 19.1 Å². The number of aliphatic hydroxyl groups excluding tert-OH is 3. The molecule has 0 aliphatic carbocycles. The summed E-state index contributed by atoms with van der Waals surface area (Å²) < 4.78 is 32.5. The number of ether oxygens (including phenoxy) is 2. The second-order valence-electron chi connectivity index (χ2n) is 13.8. The molecule has 62 heavy (non-hydrogen) atoms. The first kappa shape index (κ1) is 57.8. The highest BCUT2D eigenvalue weighted by Gasteiger charge is 2.27. The van der Waals surface area contributed by atoms with Crippen molar-refractivity contribution in [3.8, 4) is 0 Å². The quantitative estimate of drug-likeness (QED) is 0.0201. The minimum absolute atomic E-state index is 0.0481. The zero-order valence-corrected chi connectivity index (χ0v) is 38.0. The normalized spacial score (nSPS) is 15.6. The maximum absolute atomic E-state index is 12.6. The topological polar surface area (TPSA) is 169 Å². The van der Waals surface area contributed by atoms with Crippen molar-refractivity contribution in [2.75, 3.05) is 26.4 Å². The van der Waals surface area contributed by atoms with Gasteiger partial charge in [-0.2, -0.15) is 0 Å². The van der Waals surface area contributed by atoms with Gasteiger partial charge in [-0.05, 0) is 83.5 Å². The molecule has 0 bridgehead atoms. The van der Waals surface area contributed by atoms with Crippen molar-refractivity contribution in [1.82, 2.24) is 0 Å². The highest BCUT2D eigenvalue weighted by molar-refractivity contribution is 7.47. The predicted molar refractivity (Wildman–Crippen MR) is 252 cm³/mol. The Hall–Kier alpha value is -4.19. The van der Waals surface area contributed by atoms with Crippen molar-refractivity contribution in [3.63, 3.8) is 0 Å². The Bertz CT molecular complexity index is 1540. The van der Waals surface area contributed by atoms with Crippen molar-refractivity contribution in [2.45, 2.75) is 128 Å². The summed E-state index contributed by atoms with van der Waals surface area (Å²) in [5.41, 5.74) is 0. The zero-order valence-electron chi connectivity index (χ0n) is 37.1. The van der Waals surface area contributed by atoms with E-state index in [-0.39, 0.29) is 12.8 Å². The van der Waals surface area contributed by atoms with Gasteiger partial charge in [-0.15, -0.1) is 0 Å². The lowest BCUT2D eigenvalue weighted by atomic mass is 10.2. The molecular weight excluding hydrogens is 808 g/mol. The van der Waals surface area contributed by atoms with Crippen molar-refractivity contribution < 1.29 is 52.9 Å². The average molecular weight is 883 g/mol. The van der Waals surface area contributed by atoms with E-state index in [2.05, 4.69) is 110 Å². The summed E-state index contributed by atoms with van der Waals surface area (Å²) in [5.74, 6) is -1.22. The highest BCUT2D eigenvalue weighted by atomic mass is 31.2. The van der Waals surface area contributed by atoms with Gasteiger partial charge in [0.2, 0.25) is 0 Å². The van der Waals surface area contributed by atoms with Gasteiger partial charge < -0.3 is 29.7 Å². The van der Waals surface area contributed by atoms with E-state index in [9.17, 15) is 29.3 Å². The Morgan fingerprint density at radius 2 is 0.952 bits per heavy atom. The van der Waals surface area contributed by atoms with E-state index in [1.807, 2.05) is 30.4 Å². The number of aliphatic hydroxyl groups is 3. The molecule has 0 aliphatic rings. The fourth-order valence-corrected chi connectivity index (χ4v) is 5.56. The van der Waals surface area contributed by atoms with Crippen LogP contribution in [0.2, 0.25) is 0 Å². The molecule has 0 fully saturated rings. The van der Waals surface area contributed by atoms with Crippen molar-refractivity contribution >= 4 is 19.8 Å². The smallest absolute Gasteiger partial charge is 0.462 e. The molecule has 0 rings (SSSR count). The molecule has 4 atom stereocenters. The molecule has 2 unspecified atom stereocenters.